The van der Waals surface area contributed by atoms with Crippen LogP contribution in [-0.4, -0.2) is 38.6 Å². The molecule has 1 atom stereocenters. The fraction of sp³-hybridized carbons (Fsp3) is 0.571. The topological polar surface area (TPSA) is 127 Å². The number of halogens is 9. The normalized spacial score (nSPS) is 15.5. The lowest BCUT2D eigenvalue weighted by Crippen LogP contribution is -2.55. The lowest BCUT2D eigenvalue weighted by atomic mass is 9.79. The molecular formula is C14H11F9N2O6. The van der Waals surface area contributed by atoms with Gasteiger partial charge < -0.3 is 10.2 Å². The molecule has 2 N–H and O–H groups in total. The van der Waals surface area contributed by atoms with E-state index in [1.54, 1.807) is 0 Å². The van der Waals surface area contributed by atoms with E-state index in [1.807, 2.05) is 0 Å². The molecule has 0 fully saturated rings. The third kappa shape index (κ3) is 3.75. The van der Waals surface area contributed by atoms with Crippen LogP contribution < -0.4 is 0 Å². The molecular weight excluding hydrogens is 463 g/mol. The molecule has 0 saturated heterocycles. The van der Waals surface area contributed by atoms with Crippen molar-refractivity contribution in [2.45, 2.75) is 50.5 Å². The number of hydrogen-bond acceptors (Lipinski definition) is 6. The zero-order valence-corrected chi connectivity index (χ0v) is 15.3. The second-order valence-corrected chi connectivity index (χ2v) is 6.49. The maximum absolute atomic E-state index is 13.3. The third-order valence-corrected chi connectivity index (χ3v) is 4.52. The summed E-state index contributed by atoms with van der Waals surface area (Å²) >= 11 is 0. The van der Waals surface area contributed by atoms with Gasteiger partial charge in [0.2, 0.25) is 0 Å². The largest absolute Gasteiger partial charge is 0.430 e. The Balaban J connectivity index is 4.56. The van der Waals surface area contributed by atoms with Crippen molar-refractivity contribution in [3.05, 3.63) is 42.5 Å². The molecule has 0 saturated carbocycles. The minimum absolute atomic E-state index is 0.0539. The molecule has 0 aromatic heterocycles. The smallest absolute Gasteiger partial charge is 0.376 e. The van der Waals surface area contributed by atoms with Crippen molar-refractivity contribution in [2.24, 2.45) is 0 Å². The fourth-order valence-corrected chi connectivity index (χ4v) is 3.05. The molecule has 0 radical (unpaired) electrons. The Morgan fingerprint density at radius 2 is 0.968 bits per heavy atom. The Hall–Kier alpha value is -2.69. The van der Waals surface area contributed by atoms with Crippen LogP contribution in [0.1, 0.15) is 29.2 Å². The molecule has 1 rings (SSSR count). The maximum Gasteiger partial charge on any atom is 0.430 e. The van der Waals surface area contributed by atoms with Crippen molar-refractivity contribution in [1.82, 2.24) is 0 Å². The summed E-state index contributed by atoms with van der Waals surface area (Å²) in [5.74, 6) is 0. The first kappa shape index (κ1) is 26.3. The van der Waals surface area contributed by atoms with E-state index in [4.69, 9.17) is 0 Å². The summed E-state index contributed by atoms with van der Waals surface area (Å²) in [4.78, 5) is 18.9. The Morgan fingerprint density at radius 3 is 1.23 bits per heavy atom. The van der Waals surface area contributed by atoms with Gasteiger partial charge in [0.25, 0.3) is 17.0 Å². The van der Waals surface area contributed by atoms with Gasteiger partial charge >= 0.3 is 18.5 Å². The first-order chi connectivity index (χ1) is 13.5. The highest BCUT2D eigenvalue weighted by Gasteiger charge is 2.74. The molecule has 1 aromatic carbocycles. The molecule has 17 heteroatoms. The van der Waals surface area contributed by atoms with Crippen molar-refractivity contribution in [3.63, 3.8) is 0 Å². The summed E-state index contributed by atoms with van der Waals surface area (Å²) in [5, 5.41) is 42.1. The average molecular weight is 474 g/mol. The van der Waals surface area contributed by atoms with Crippen LogP contribution in [0.2, 0.25) is 0 Å². The summed E-state index contributed by atoms with van der Waals surface area (Å²) in [5.41, 5.74) is -23.1. The monoisotopic (exact) mass is 474 g/mol. The first-order valence-corrected chi connectivity index (χ1v) is 7.58. The molecule has 176 valence electrons. The van der Waals surface area contributed by atoms with Gasteiger partial charge in [0.15, 0.2) is 5.60 Å². The highest BCUT2D eigenvalue weighted by molar-refractivity contribution is 5.69. The SMILES string of the molecule is Cc1c([N+](=O)[O-])c(C(O)(C(F)(F)F)C(F)(F)F)c(C)c([N+](=O)[O-])c1C(C)(O)C(F)(F)F. The standard InChI is InChI=1S/C14H11F9N2O6/c1-4-6(10(3,26)12(15,16)17)8(24(28)29)5(2)7(9(4)25(30)31)11(27,13(18,19)20)14(21,22)23/h26-27H,1-3H3. The lowest BCUT2D eigenvalue weighted by molar-refractivity contribution is -0.405. The summed E-state index contributed by atoms with van der Waals surface area (Å²) < 4.78 is 120. The third-order valence-electron chi connectivity index (χ3n) is 4.52. The molecule has 1 aromatic rings. The summed E-state index contributed by atoms with van der Waals surface area (Å²) in [6.07, 6.45) is -19.3. The highest BCUT2D eigenvalue weighted by atomic mass is 19.4. The van der Waals surface area contributed by atoms with Crippen molar-refractivity contribution < 1.29 is 59.6 Å². The fourth-order valence-electron chi connectivity index (χ4n) is 3.05. The van der Waals surface area contributed by atoms with E-state index in [0.29, 0.717) is 0 Å². The molecule has 0 aliphatic heterocycles. The molecule has 0 amide bonds. The van der Waals surface area contributed by atoms with Gasteiger partial charge in [-0.1, -0.05) is 0 Å². The minimum Gasteiger partial charge on any atom is -0.376 e. The highest BCUT2D eigenvalue weighted by Crippen LogP contribution is 2.57. The van der Waals surface area contributed by atoms with Crippen molar-refractivity contribution in [3.8, 4) is 0 Å². The Kier molecular flexibility index (Phi) is 6.10. The molecule has 0 heterocycles. The van der Waals surface area contributed by atoms with Gasteiger partial charge in [-0.15, -0.1) is 0 Å². The Labute approximate surface area is 165 Å². The second kappa shape index (κ2) is 7.18. The number of hydrogen-bond donors (Lipinski definition) is 2. The van der Waals surface area contributed by atoms with Crippen LogP contribution in [0.15, 0.2) is 0 Å². The van der Waals surface area contributed by atoms with Crippen molar-refractivity contribution in [1.29, 1.82) is 0 Å². The van der Waals surface area contributed by atoms with Gasteiger partial charge in [0, 0.05) is 11.1 Å². The van der Waals surface area contributed by atoms with Crippen LogP contribution in [0, 0.1) is 34.1 Å². The van der Waals surface area contributed by atoms with E-state index in [-0.39, 0.29) is 20.8 Å². The van der Waals surface area contributed by atoms with Gasteiger partial charge in [0.05, 0.1) is 21.0 Å². The van der Waals surface area contributed by atoms with Gasteiger partial charge in [-0.05, 0) is 20.8 Å². The molecule has 31 heavy (non-hydrogen) atoms. The van der Waals surface area contributed by atoms with E-state index in [0.717, 1.165) is 0 Å². The second-order valence-electron chi connectivity index (χ2n) is 6.49. The molecule has 0 bridgehead atoms. The predicted molar refractivity (Wildman–Crippen MR) is 80.9 cm³/mol. The van der Waals surface area contributed by atoms with Crippen LogP contribution in [0.5, 0.6) is 0 Å². The van der Waals surface area contributed by atoms with Crippen LogP contribution in [0.3, 0.4) is 0 Å². The van der Waals surface area contributed by atoms with Gasteiger partial charge in [-0.2, -0.15) is 39.5 Å². The van der Waals surface area contributed by atoms with Gasteiger partial charge in [0.1, 0.15) is 0 Å². The van der Waals surface area contributed by atoms with E-state index in [1.165, 1.54) is 0 Å². The number of rotatable bonds is 4. The molecule has 0 spiro atoms. The minimum atomic E-state index is -6.74. The van der Waals surface area contributed by atoms with Gasteiger partial charge in [-0.25, -0.2) is 0 Å². The number of nitro benzene ring substituents is 2. The average Bonchev–Trinajstić information content (AvgIpc) is 2.50. The zero-order valence-electron chi connectivity index (χ0n) is 15.3. The van der Waals surface area contributed by atoms with E-state index in [9.17, 15) is 70.0 Å². The molecule has 0 aliphatic carbocycles. The first-order valence-electron chi connectivity index (χ1n) is 7.58. The summed E-state index contributed by atoms with van der Waals surface area (Å²) in [6, 6.07) is 0. The lowest BCUT2D eigenvalue weighted by Gasteiger charge is -2.35. The van der Waals surface area contributed by atoms with E-state index in [2.05, 4.69) is 0 Å². The van der Waals surface area contributed by atoms with Crippen molar-refractivity contribution in [2.75, 3.05) is 0 Å². The summed E-state index contributed by atoms with van der Waals surface area (Å²) in [7, 11) is 0. The maximum atomic E-state index is 13.3. The number of alkyl halides is 9. The quantitative estimate of drug-likeness (QED) is 0.383. The van der Waals surface area contributed by atoms with Crippen molar-refractivity contribution >= 4 is 11.4 Å². The Morgan fingerprint density at radius 1 is 0.677 bits per heavy atom. The molecule has 0 aliphatic rings. The number of nitro groups is 2. The van der Waals surface area contributed by atoms with Crippen LogP contribution in [0.4, 0.5) is 50.9 Å². The molecule has 8 nitrogen and oxygen atoms in total. The number of nitrogens with zero attached hydrogens (tertiary/aromatic N) is 2. The van der Waals surface area contributed by atoms with Crippen LogP contribution in [0.25, 0.3) is 0 Å². The Bertz CT molecular complexity index is 920. The van der Waals surface area contributed by atoms with Crippen LogP contribution >= 0.6 is 0 Å². The van der Waals surface area contributed by atoms with Gasteiger partial charge in [-0.3, -0.25) is 20.2 Å². The predicted octanol–water partition coefficient (Wildman–Crippen LogP) is 4.20. The van der Waals surface area contributed by atoms with E-state index < -0.39 is 73.2 Å². The number of aliphatic hydroxyl groups is 2. The molecule has 1 unspecified atom stereocenters. The van der Waals surface area contributed by atoms with Crippen LogP contribution in [-0.2, 0) is 11.2 Å². The number of benzene rings is 1. The van der Waals surface area contributed by atoms with E-state index >= 15 is 0 Å². The summed E-state index contributed by atoms with van der Waals surface area (Å²) in [6.45, 7) is 0.0972. The zero-order chi connectivity index (χ0) is 25.1.